The molecule has 0 fully saturated rings. The SMILES string of the molecule is O=C([O-])CC1C[n+]2c(sc3ccccc32)C=C2Sc3cc(S(=O)(=O)O)ccc3N21.O=S(=O)=O.[I-]. The quantitative estimate of drug-likeness (QED) is 0.189. The van der Waals surface area contributed by atoms with Crippen LogP contribution in [0.25, 0.3) is 16.3 Å². The van der Waals surface area contributed by atoms with Crippen molar-refractivity contribution >= 4 is 71.8 Å². The third-order valence-corrected chi connectivity index (χ3v) is 8.02. The molecular weight excluding hydrogens is 639 g/mol. The standard InChI is InChI=1S/C19H14N2O5S3.HI.O3S/c22-19(23)7-11-10-20-13-3-1-2-4-15(13)27-17(20)9-18-21(11)14-6-5-12(29(24,25)26)8-16(14)28-18;;1-4(2)3/h1-6,8-9,11H,7,10H2,(H-,22,23,24,25,26);1H;/p-1. The van der Waals surface area contributed by atoms with Crippen molar-refractivity contribution in [3.8, 4) is 0 Å². The van der Waals surface area contributed by atoms with Gasteiger partial charge in [0.2, 0.25) is 5.52 Å². The number of halogens is 1. The highest BCUT2D eigenvalue weighted by Gasteiger charge is 2.38. The van der Waals surface area contributed by atoms with E-state index in [0.717, 1.165) is 25.9 Å². The summed E-state index contributed by atoms with van der Waals surface area (Å²) in [4.78, 5) is 13.9. The summed E-state index contributed by atoms with van der Waals surface area (Å²) in [6.07, 6.45) is 1.83. The summed E-state index contributed by atoms with van der Waals surface area (Å²) >= 11 is 2.98. The fourth-order valence-electron chi connectivity index (χ4n) is 3.79. The number of hydrogen-bond acceptors (Lipinski definition) is 10. The minimum Gasteiger partial charge on any atom is -1.00 e. The zero-order valence-electron chi connectivity index (χ0n) is 16.8. The van der Waals surface area contributed by atoms with Crippen molar-refractivity contribution in [2.75, 3.05) is 4.90 Å². The Morgan fingerprint density at radius 1 is 1.21 bits per heavy atom. The number of thioether (sulfide) groups is 1. The van der Waals surface area contributed by atoms with E-state index < -0.39 is 32.7 Å². The van der Waals surface area contributed by atoms with Crippen LogP contribution in [0.4, 0.5) is 5.69 Å². The number of fused-ring (bicyclic) bond motifs is 6. The smallest absolute Gasteiger partial charge is 0.425 e. The average Bonchev–Trinajstić information content (AvgIpc) is 3.19. The van der Waals surface area contributed by atoms with E-state index in [2.05, 4.69) is 4.57 Å². The molecule has 2 aliphatic rings. The van der Waals surface area contributed by atoms with Crippen molar-refractivity contribution in [1.82, 2.24) is 0 Å². The molecule has 0 radical (unpaired) electrons. The highest BCUT2D eigenvalue weighted by Crippen LogP contribution is 2.49. The lowest BCUT2D eigenvalue weighted by Gasteiger charge is -2.27. The molecule has 15 heteroatoms. The first-order valence-corrected chi connectivity index (χ1v) is 13.3. The summed E-state index contributed by atoms with van der Waals surface area (Å²) < 4.78 is 60.9. The van der Waals surface area contributed by atoms with E-state index in [1.807, 2.05) is 35.2 Å². The lowest BCUT2D eigenvalue weighted by atomic mass is 10.1. The molecule has 5 rings (SSSR count). The molecule has 0 aliphatic carbocycles. The maximum Gasteiger partial charge on any atom is 0.425 e. The Balaban J connectivity index is 0.000000603. The first kappa shape index (κ1) is 26.6. The van der Waals surface area contributed by atoms with E-state index >= 15 is 0 Å². The van der Waals surface area contributed by atoms with Gasteiger partial charge in [0.25, 0.3) is 15.1 Å². The van der Waals surface area contributed by atoms with Gasteiger partial charge in [-0.2, -0.15) is 13.0 Å². The van der Waals surface area contributed by atoms with E-state index in [0.29, 0.717) is 11.4 Å². The van der Waals surface area contributed by atoms with Gasteiger partial charge in [-0.1, -0.05) is 35.2 Å². The molecule has 0 spiro atoms. The Bertz CT molecular complexity index is 1530. The van der Waals surface area contributed by atoms with Gasteiger partial charge >= 0.3 is 10.6 Å². The predicted octanol–water partition coefficient (Wildman–Crippen LogP) is -2.13. The summed E-state index contributed by atoms with van der Waals surface area (Å²) in [6, 6.07) is 11.9. The maximum atomic E-state index is 11.5. The van der Waals surface area contributed by atoms with Crippen LogP contribution < -0.4 is 38.6 Å². The summed E-state index contributed by atoms with van der Waals surface area (Å²) in [5.41, 5.74) is 1.76. The van der Waals surface area contributed by atoms with Gasteiger partial charge in [0.15, 0.2) is 6.54 Å². The molecule has 34 heavy (non-hydrogen) atoms. The number of anilines is 1. The van der Waals surface area contributed by atoms with Crippen LogP contribution in [-0.2, 0) is 32.1 Å². The van der Waals surface area contributed by atoms with Crippen LogP contribution in [0.15, 0.2) is 57.3 Å². The van der Waals surface area contributed by atoms with Crippen molar-refractivity contribution in [2.45, 2.75) is 28.8 Å². The molecule has 0 bridgehead atoms. The van der Waals surface area contributed by atoms with E-state index in [9.17, 15) is 22.9 Å². The molecule has 1 aromatic heterocycles. The molecule has 1 unspecified atom stereocenters. The molecule has 2 aromatic carbocycles. The number of carboxylic acid groups (broad SMARTS) is 1. The average molecular weight is 653 g/mol. The first-order chi connectivity index (χ1) is 15.5. The van der Waals surface area contributed by atoms with Gasteiger partial charge in [0.05, 0.1) is 27.7 Å². The number of nitrogens with zero attached hydrogens (tertiary/aromatic N) is 2. The van der Waals surface area contributed by atoms with Gasteiger partial charge in [0.1, 0.15) is 4.70 Å². The zero-order chi connectivity index (χ0) is 23.9. The molecular formula is C19H14IN2O8S4-. The topological polar surface area (TPSA) is 153 Å². The number of carbonyl (C=O) groups excluding carboxylic acids is 1. The molecule has 1 atom stereocenters. The molecule has 0 amide bonds. The van der Waals surface area contributed by atoms with Crippen molar-refractivity contribution in [3.05, 3.63) is 52.5 Å². The number of thiazole rings is 1. The normalized spacial score (nSPS) is 16.1. The van der Waals surface area contributed by atoms with Gasteiger partial charge in [-0.15, -0.1) is 12.6 Å². The Labute approximate surface area is 220 Å². The summed E-state index contributed by atoms with van der Waals surface area (Å²) in [6.45, 7) is 0.452. The first-order valence-electron chi connectivity index (χ1n) is 9.23. The van der Waals surface area contributed by atoms with Crippen LogP contribution in [0.3, 0.4) is 0 Å². The second kappa shape index (κ2) is 10.3. The Morgan fingerprint density at radius 3 is 2.53 bits per heavy atom. The number of hydrogen-bond donors (Lipinski definition) is 1. The highest BCUT2D eigenvalue weighted by molar-refractivity contribution is 8.04. The Hall–Kier alpha value is -2.05. The number of para-hydroxylation sites is 1. The van der Waals surface area contributed by atoms with Crippen molar-refractivity contribution < 1.29 is 64.0 Å². The fraction of sp³-hybridized carbons (Fsp3) is 0.158. The summed E-state index contributed by atoms with van der Waals surface area (Å²) in [5.74, 6) is -1.15. The van der Waals surface area contributed by atoms with Gasteiger partial charge in [-0.25, -0.2) is 0 Å². The lowest BCUT2D eigenvalue weighted by Crippen LogP contribution is -3.00. The van der Waals surface area contributed by atoms with E-state index in [1.165, 1.54) is 23.9 Å². The van der Waals surface area contributed by atoms with E-state index in [4.69, 9.17) is 12.6 Å². The fourth-order valence-corrected chi connectivity index (χ4v) is 6.75. The predicted molar refractivity (Wildman–Crippen MR) is 118 cm³/mol. The van der Waals surface area contributed by atoms with E-state index in [1.54, 1.807) is 17.4 Å². The molecule has 0 saturated heterocycles. The number of aromatic nitrogens is 1. The summed E-state index contributed by atoms with van der Waals surface area (Å²) in [5, 5.41) is 13.3. The van der Waals surface area contributed by atoms with Crippen molar-refractivity contribution in [1.29, 1.82) is 0 Å². The molecule has 0 saturated carbocycles. The number of carboxylic acids is 1. The van der Waals surface area contributed by atoms with Gasteiger partial charge in [-0.3, -0.25) is 4.55 Å². The minimum absolute atomic E-state index is 0. The number of carbonyl (C=O) groups is 1. The van der Waals surface area contributed by atoms with Crippen LogP contribution in [-0.4, -0.2) is 37.6 Å². The van der Waals surface area contributed by atoms with Gasteiger partial charge in [0, 0.05) is 23.4 Å². The highest BCUT2D eigenvalue weighted by atomic mass is 127. The van der Waals surface area contributed by atoms with Crippen molar-refractivity contribution in [2.24, 2.45) is 0 Å². The second-order valence-corrected chi connectivity index (χ2v) is 11.0. The third kappa shape index (κ3) is 5.44. The van der Waals surface area contributed by atoms with Gasteiger partial charge in [-0.05, 0) is 24.3 Å². The van der Waals surface area contributed by atoms with Crippen LogP contribution in [0.2, 0.25) is 0 Å². The molecule has 3 heterocycles. The van der Waals surface area contributed by atoms with Crippen molar-refractivity contribution in [3.63, 3.8) is 0 Å². The van der Waals surface area contributed by atoms with Crippen LogP contribution >= 0.6 is 23.1 Å². The third-order valence-electron chi connectivity index (χ3n) is 4.98. The maximum absolute atomic E-state index is 11.5. The number of rotatable bonds is 3. The second-order valence-electron chi connectivity index (χ2n) is 7.01. The molecule has 2 aliphatic heterocycles. The monoisotopic (exact) mass is 653 g/mol. The van der Waals surface area contributed by atoms with Crippen LogP contribution in [0.1, 0.15) is 11.4 Å². The zero-order valence-corrected chi connectivity index (χ0v) is 22.2. The van der Waals surface area contributed by atoms with E-state index in [-0.39, 0.29) is 35.3 Å². The molecule has 10 nitrogen and oxygen atoms in total. The largest absolute Gasteiger partial charge is 1.00 e. The molecule has 180 valence electrons. The Kier molecular flexibility index (Phi) is 8.03. The van der Waals surface area contributed by atoms with Crippen LogP contribution in [0.5, 0.6) is 0 Å². The molecule has 3 aromatic rings. The van der Waals surface area contributed by atoms with Gasteiger partial charge < -0.3 is 38.8 Å². The lowest BCUT2D eigenvalue weighted by molar-refractivity contribution is -0.670. The Morgan fingerprint density at radius 2 is 1.88 bits per heavy atom. The summed E-state index contributed by atoms with van der Waals surface area (Å²) in [7, 11) is -7.43. The minimum atomic E-state index is -4.32. The number of benzene rings is 2. The molecule has 1 N–H and O–H groups in total. The van der Waals surface area contributed by atoms with Crippen LogP contribution in [0, 0.1) is 0 Å². The number of aliphatic carboxylic acids is 1.